The molecule has 0 aromatic carbocycles. The number of likely N-dealkylation sites (N-methyl/N-ethyl adjacent to an activating group) is 1. The van der Waals surface area contributed by atoms with Crippen LogP contribution in [0, 0.1) is 11.8 Å². The van der Waals surface area contributed by atoms with E-state index in [0.29, 0.717) is 31.6 Å². The second-order valence-electron chi connectivity index (χ2n) is 6.23. The molecule has 0 bridgehead atoms. The highest BCUT2D eigenvalue weighted by atomic mass is 16.5. The van der Waals surface area contributed by atoms with Gasteiger partial charge in [0.05, 0.1) is 25.4 Å². The van der Waals surface area contributed by atoms with E-state index in [1.807, 2.05) is 0 Å². The van der Waals surface area contributed by atoms with Crippen molar-refractivity contribution in [2.45, 2.75) is 38.8 Å². The first-order chi connectivity index (χ1) is 9.91. The Labute approximate surface area is 128 Å². The number of rotatable bonds is 8. The van der Waals surface area contributed by atoms with E-state index in [9.17, 15) is 9.90 Å². The summed E-state index contributed by atoms with van der Waals surface area (Å²) < 4.78 is 5.63. The zero-order valence-electron chi connectivity index (χ0n) is 13.7. The fourth-order valence-electron chi connectivity index (χ4n) is 2.44. The summed E-state index contributed by atoms with van der Waals surface area (Å²) in [6, 6.07) is -0.293. The van der Waals surface area contributed by atoms with E-state index in [0.717, 1.165) is 12.8 Å². The molecule has 0 saturated heterocycles. The van der Waals surface area contributed by atoms with E-state index in [-0.39, 0.29) is 11.9 Å². The van der Waals surface area contributed by atoms with Crippen molar-refractivity contribution in [3.63, 3.8) is 0 Å². The Morgan fingerprint density at radius 1 is 1.43 bits per heavy atom. The van der Waals surface area contributed by atoms with Gasteiger partial charge in [-0.25, -0.2) is 0 Å². The minimum Gasteiger partial charge on any atom is -0.389 e. The lowest BCUT2D eigenvalue weighted by atomic mass is 9.85. The maximum atomic E-state index is 11.7. The normalized spacial score (nSPS) is 24.6. The maximum Gasteiger partial charge on any atom is 0.238 e. The zero-order valence-corrected chi connectivity index (χ0v) is 13.7. The molecule has 122 valence electrons. The van der Waals surface area contributed by atoms with Gasteiger partial charge in [0.25, 0.3) is 0 Å². The number of nitrogens with zero attached hydrogens (tertiary/aromatic N) is 1. The lowest BCUT2D eigenvalue weighted by Crippen LogP contribution is -2.45. The first kappa shape index (κ1) is 18.1. The van der Waals surface area contributed by atoms with Gasteiger partial charge in [0.1, 0.15) is 0 Å². The largest absolute Gasteiger partial charge is 0.389 e. The molecule has 1 rings (SSSR count). The number of hydrogen-bond donors (Lipinski definition) is 2. The molecule has 2 N–H and O–H groups in total. The van der Waals surface area contributed by atoms with E-state index < -0.39 is 6.10 Å². The first-order valence-corrected chi connectivity index (χ1v) is 7.77. The van der Waals surface area contributed by atoms with Crippen LogP contribution >= 0.6 is 0 Å². The third-order valence-electron chi connectivity index (χ3n) is 4.03. The highest BCUT2D eigenvalue weighted by Crippen LogP contribution is 2.24. The van der Waals surface area contributed by atoms with Crippen LogP contribution in [-0.2, 0) is 9.53 Å². The van der Waals surface area contributed by atoms with Crippen molar-refractivity contribution in [1.82, 2.24) is 10.2 Å². The lowest BCUT2D eigenvalue weighted by molar-refractivity contribution is -0.130. The fraction of sp³-hybridized carbons (Fsp3) is 0.812. The van der Waals surface area contributed by atoms with Crippen LogP contribution in [0.4, 0.5) is 0 Å². The number of ether oxygens (including phenoxy) is 1. The van der Waals surface area contributed by atoms with Crippen molar-refractivity contribution in [1.29, 1.82) is 0 Å². The quantitative estimate of drug-likeness (QED) is 0.657. The van der Waals surface area contributed by atoms with Gasteiger partial charge >= 0.3 is 0 Å². The average Bonchev–Trinajstić information content (AvgIpc) is 2.45. The molecular weight excluding hydrogens is 268 g/mol. The van der Waals surface area contributed by atoms with Crippen molar-refractivity contribution >= 4 is 5.91 Å². The predicted molar refractivity (Wildman–Crippen MR) is 84.0 cm³/mol. The van der Waals surface area contributed by atoms with Gasteiger partial charge in [-0.1, -0.05) is 19.1 Å². The molecule has 0 heterocycles. The molecule has 0 spiro atoms. The number of aliphatic hydroxyl groups excluding tert-OH is 1. The molecule has 0 aliphatic heterocycles. The molecule has 5 heteroatoms. The summed E-state index contributed by atoms with van der Waals surface area (Å²) in [5.74, 6) is 1.19. The Bertz CT molecular complexity index is 344. The number of carbonyl (C=O) groups is 1. The molecule has 0 aromatic heterocycles. The summed E-state index contributed by atoms with van der Waals surface area (Å²) >= 11 is 0. The number of nitrogens with one attached hydrogen (secondary N) is 1. The van der Waals surface area contributed by atoms with Crippen LogP contribution in [0.25, 0.3) is 0 Å². The third kappa shape index (κ3) is 6.59. The van der Waals surface area contributed by atoms with Gasteiger partial charge in [-0.05, 0) is 31.6 Å². The van der Waals surface area contributed by atoms with Crippen LogP contribution in [0.3, 0.4) is 0 Å². The number of hydrogen-bond acceptors (Lipinski definition) is 4. The van der Waals surface area contributed by atoms with Crippen LogP contribution in [0.15, 0.2) is 12.2 Å². The molecule has 0 saturated carbocycles. The summed E-state index contributed by atoms with van der Waals surface area (Å²) in [5.41, 5.74) is 0. The number of aliphatic hydroxyl groups is 1. The van der Waals surface area contributed by atoms with Crippen molar-refractivity contribution in [3.05, 3.63) is 12.2 Å². The van der Waals surface area contributed by atoms with Crippen LogP contribution in [0.2, 0.25) is 0 Å². The Morgan fingerprint density at radius 3 is 2.71 bits per heavy atom. The third-order valence-corrected chi connectivity index (χ3v) is 4.03. The predicted octanol–water partition coefficient (Wildman–Crippen LogP) is 1.03. The van der Waals surface area contributed by atoms with Gasteiger partial charge in [0.15, 0.2) is 0 Å². The number of allylic oxidation sites excluding steroid dienone is 2. The second kappa shape index (κ2) is 9.18. The molecule has 4 atom stereocenters. The Balaban J connectivity index is 2.15. The van der Waals surface area contributed by atoms with Crippen molar-refractivity contribution in [2.24, 2.45) is 11.8 Å². The van der Waals surface area contributed by atoms with E-state index >= 15 is 0 Å². The van der Waals surface area contributed by atoms with E-state index in [1.165, 1.54) is 0 Å². The number of carbonyl (C=O) groups excluding carboxylic acids is 1. The Kier molecular flexibility index (Phi) is 7.93. The lowest BCUT2D eigenvalue weighted by Gasteiger charge is -2.25. The summed E-state index contributed by atoms with van der Waals surface area (Å²) in [4.78, 5) is 13.2. The molecule has 0 fully saturated rings. The van der Waals surface area contributed by atoms with Crippen LogP contribution in [0.1, 0.15) is 26.7 Å². The molecule has 0 radical (unpaired) electrons. The maximum absolute atomic E-state index is 11.7. The standard InChI is InChI=1S/C16H30N2O3/c1-12-7-5-6-8-14(12)10-21-11-15(19)9-17-13(2)16(20)18(3)4/h5-6,12-15,17,19H,7-11H2,1-4H3. The molecule has 1 aliphatic carbocycles. The van der Waals surface area contributed by atoms with Crippen LogP contribution < -0.4 is 5.32 Å². The molecule has 21 heavy (non-hydrogen) atoms. The van der Waals surface area contributed by atoms with Crippen LogP contribution in [-0.4, -0.2) is 61.9 Å². The molecule has 0 aromatic rings. The van der Waals surface area contributed by atoms with Crippen molar-refractivity contribution in [2.75, 3.05) is 33.9 Å². The fourth-order valence-corrected chi connectivity index (χ4v) is 2.44. The highest BCUT2D eigenvalue weighted by Gasteiger charge is 2.19. The van der Waals surface area contributed by atoms with Gasteiger partial charge in [0, 0.05) is 20.6 Å². The van der Waals surface area contributed by atoms with Gasteiger partial charge in [-0.3, -0.25) is 4.79 Å². The van der Waals surface area contributed by atoms with Gasteiger partial charge in [0.2, 0.25) is 5.91 Å². The minimum atomic E-state index is -0.586. The second-order valence-corrected chi connectivity index (χ2v) is 6.23. The minimum absolute atomic E-state index is 0.00550. The highest BCUT2D eigenvalue weighted by molar-refractivity contribution is 5.80. The molecule has 1 amide bonds. The van der Waals surface area contributed by atoms with E-state index in [4.69, 9.17) is 4.74 Å². The van der Waals surface area contributed by atoms with Crippen molar-refractivity contribution in [3.8, 4) is 0 Å². The Morgan fingerprint density at radius 2 is 2.10 bits per heavy atom. The van der Waals surface area contributed by atoms with E-state index in [1.54, 1.807) is 25.9 Å². The van der Waals surface area contributed by atoms with Gasteiger partial charge in [-0.15, -0.1) is 0 Å². The topological polar surface area (TPSA) is 61.8 Å². The Hall–Kier alpha value is -0.910. The van der Waals surface area contributed by atoms with Crippen LogP contribution in [0.5, 0.6) is 0 Å². The number of amides is 1. The summed E-state index contributed by atoms with van der Waals surface area (Å²) in [6.45, 7) is 5.40. The van der Waals surface area contributed by atoms with E-state index in [2.05, 4.69) is 24.4 Å². The molecule has 4 unspecified atom stereocenters. The first-order valence-electron chi connectivity index (χ1n) is 7.77. The molecule has 5 nitrogen and oxygen atoms in total. The smallest absolute Gasteiger partial charge is 0.238 e. The van der Waals surface area contributed by atoms with Crippen molar-refractivity contribution < 1.29 is 14.6 Å². The molecular formula is C16H30N2O3. The summed E-state index contributed by atoms with van der Waals surface area (Å²) in [7, 11) is 3.44. The van der Waals surface area contributed by atoms with Gasteiger partial charge < -0.3 is 20.1 Å². The summed E-state index contributed by atoms with van der Waals surface area (Å²) in [5, 5.41) is 12.9. The monoisotopic (exact) mass is 298 g/mol. The van der Waals surface area contributed by atoms with Gasteiger partial charge in [-0.2, -0.15) is 0 Å². The molecule has 1 aliphatic rings. The summed E-state index contributed by atoms with van der Waals surface area (Å²) in [6.07, 6.45) is 6.02. The zero-order chi connectivity index (χ0) is 15.8. The SMILES string of the molecule is CC(NCC(O)COCC1CC=CCC1C)C(=O)N(C)C. The average molecular weight is 298 g/mol.